The Kier molecular flexibility index (Phi) is 4.02. The van der Waals surface area contributed by atoms with E-state index >= 15 is 0 Å². The molecule has 3 rings (SSSR count). The van der Waals surface area contributed by atoms with Crippen LogP contribution < -0.4 is 4.72 Å². The number of halogens is 1. The van der Waals surface area contributed by atoms with E-state index in [1.54, 1.807) is 18.2 Å². The van der Waals surface area contributed by atoms with E-state index in [0.717, 1.165) is 16.0 Å². The van der Waals surface area contributed by atoms with E-state index in [0.29, 0.717) is 17.1 Å². The van der Waals surface area contributed by atoms with Gasteiger partial charge in [0, 0.05) is 18.6 Å². The molecule has 112 valence electrons. The number of aliphatic hydroxyl groups is 1. The summed E-state index contributed by atoms with van der Waals surface area (Å²) in [4.78, 5) is 4.10. The van der Waals surface area contributed by atoms with E-state index in [1.165, 1.54) is 6.07 Å². The first-order chi connectivity index (χ1) is 9.98. The molecular weight excluding hydrogens is 332 g/mol. The van der Waals surface area contributed by atoms with Crippen molar-refractivity contribution in [1.29, 1.82) is 0 Å². The fourth-order valence-electron chi connectivity index (χ4n) is 2.26. The Morgan fingerprint density at radius 1 is 1.43 bits per heavy atom. The van der Waals surface area contributed by atoms with Crippen LogP contribution >= 0.6 is 22.9 Å². The van der Waals surface area contributed by atoms with E-state index in [4.69, 9.17) is 16.7 Å². The zero-order valence-corrected chi connectivity index (χ0v) is 13.2. The van der Waals surface area contributed by atoms with Crippen molar-refractivity contribution >= 4 is 43.2 Å². The Morgan fingerprint density at radius 2 is 2.24 bits per heavy atom. The molecule has 0 aliphatic heterocycles. The number of nitrogens with zero attached hydrogens (tertiary/aromatic N) is 1. The lowest BCUT2D eigenvalue weighted by Crippen LogP contribution is -2.32. The quantitative estimate of drug-likeness (QED) is 0.658. The molecule has 2 aromatic heterocycles. The van der Waals surface area contributed by atoms with Gasteiger partial charge in [-0.3, -0.25) is 0 Å². The Balaban J connectivity index is 1.85. The molecule has 0 fully saturated rings. The smallest absolute Gasteiger partial charge is 0.250 e. The van der Waals surface area contributed by atoms with E-state index in [2.05, 4.69) is 9.71 Å². The Morgan fingerprint density at radius 3 is 2.95 bits per heavy atom. The first-order valence-corrected chi connectivity index (χ1v) is 9.03. The van der Waals surface area contributed by atoms with Crippen molar-refractivity contribution < 1.29 is 13.5 Å². The fourth-order valence-corrected chi connectivity index (χ4v) is 4.96. The fraction of sp³-hybridized carbons (Fsp3) is 0.308. The van der Waals surface area contributed by atoms with Gasteiger partial charge in [-0.05, 0) is 24.6 Å². The number of pyridine rings is 1. The third-order valence-corrected chi connectivity index (χ3v) is 6.56. The van der Waals surface area contributed by atoms with Crippen LogP contribution in [0.15, 0.2) is 34.6 Å². The van der Waals surface area contributed by atoms with Gasteiger partial charge in [0.25, 0.3) is 10.0 Å². The van der Waals surface area contributed by atoms with Crippen LogP contribution in [0.4, 0.5) is 0 Å². The molecule has 0 aromatic carbocycles. The van der Waals surface area contributed by atoms with Crippen molar-refractivity contribution in [3.05, 3.63) is 35.5 Å². The van der Waals surface area contributed by atoms with Gasteiger partial charge in [-0.25, -0.2) is 18.1 Å². The molecule has 0 bridgehead atoms. The molecule has 2 atom stereocenters. The first kappa shape index (κ1) is 14.9. The second-order valence-electron chi connectivity index (χ2n) is 4.87. The van der Waals surface area contributed by atoms with Crippen LogP contribution in [-0.4, -0.2) is 31.2 Å². The number of thiophene rings is 1. The average molecular weight is 345 g/mol. The van der Waals surface area contributed by atoms with Crippen LogP contribution in [0.2, 0.25) is 5.15 Å². The van der Waals surface area contributed by atoms with Gasteiger partial charge in [0.15, 0.2) is 0 Å². The Labute approximate surface area is 131 Å². The molecule has 5 nitrogen and oxygen atoms in total. The molecule has 0 spiro atoms. The molecule has 0 radical (unpaired) electrons. The van der Waals surface area contributed by atoms with Crippen LogP contribution in [0, 0.1) is 5.92 Å². The normalized spacial score (nSPS) is 22.2. The van der Waals surface area contributed by atoms with Crippen molar-refractivity contribution in [1.82, 2.24) is 9.71 Å². The largest absolute Gasteiger partial charge is 0.396 e. The maximum Gasteiger partial charge on any atom is 0.250 e. The minimum absolute atomic E-state index is 0.0144. The summed E-state index contributed by atoms with van der Waals surface area (Å²) >= 11 is 6.97. The highest BCUT2D eigenvalue weighted by atomic mass is 35.5. The third-order valence-electron chi connectivity index (χ3n) is 3.30. The standard InChI is InChI=1S/C13H13ClN2O3S2/c14-12-4-3-11-10(15-12)6-13(20-11)21(18,19)16-9-2-1-8(5-9)7-17/h1-4,6,8-9,16-17H,5,7H2/t8-,9+/m0/s1. The van der Waals surface area contributed by atoms with Crippen LogP contribution in [-0.2, 0) is 10.0 Å². The first-order valence-electron chi connectivity index (χ1n) is 6.35. The molecule has 1 aliphatic rings. The predicted octanol–water partition coefficient (Wildman–Crippen LogP) is 2.17. The van der Waals surface area contributed by atoms with Gasteiger partial charge in [-0.1, -0.05) is 23.8 Å². The van der Waals surface area contributed by atoms with Crippen molar-refractivity contribution in [2.45, 2.75) is 16.7 Å². The molecule has 0 saturated carbocycles. The second kappa shape index (κ2) is 5.66. The number of aliphatic hydroxyl groups excluding tert-OH is 1. The molecule has 1 aliphatic carbocycles. The highest BCUT2D eigenvalue weighted by Crippen LogP contribution is 2.29. The summed E-state index contributed by atoms with van der Waals surface area (Å²) in [6, 6.07) is 4.63. The summed E-state index contributed by atoms with van der Waals surface area (Å²) in [5.41, 5.74) is 0.572. The van der Waals surface area contributed by atoms with Gasteiger partial charge < -0.3 is 5.11 Å². The molecule has 0 unspecified atom stereocenters. The summed E-state index contributed by atoms with van der Waals surface area (Å²) in [5, 5.41) is 9.41. The van der Waals surface area contributed by atoms with Crippen LogP contribution in [0.5, 0.6) is 0 Å². The van der Waals surface area contributed by atoms with Crippen molar-refractivity contribution in [2.24, 2.45) is 5.92 Å². The zero-order valence-electron chi connectivity index (χ0n) is 10.9. The number of fused-ring (bicyclic) bond motifs is 1. The molecule has 2 heterocycles. The van der Waals surface area contributed by atoms with E-state index in [9.17, 15) is 8.42 Å². The number of nitrogens with one attached hydrogen (secondary N) is 1. The van der Waals surface area contributed by atoms with Crippen LogP contribution in [0.1, 0.15) is 6.42 Å². The highest BCUT2D eigenvalue weighted by molar-refractivity contribution is 7.91. The van der Waals surface area contributed by atoms with Crippen molar-refractivity contribution in [2.75, 3.05) is 6.61 Å². The van der Waals surface area contributed by atoms with Gasteiger partial charge in [0.2, 0.25) is 0 Å². The van der Waals surface area contributed by atoms with Gasteiger partial charge >= 0.3 is 0 Å². The highest BCUT2D eigenvalue weighted by Gasteiger charge is 2.25. The number of aromatic nitrogens is 1. The SMILES string of the molecule is O=S(=O)(N[C@@H]1C=C[C@H](CO)C1)c1cc2nc(Cl)ccc2s1. The zero-order chi connectivity index (χ0) is 15.0. The molecule has 0 amide bonds. The second-order valence-corrected chi connectivity index (χ2v) is 8.29. The van der Waals surface area contributed by atoms with Crippen molar-refractivity contribution in [3.8, 4) is 0 Å². The number of hydrogen-bond acceptors (Lipinski definition) is 5. The summed E-state index contributed by atoms with van der Waals surface area (Å²) < 4.78 is 28.4. The monoisotopic (exact) mass is 344 g/mol. The minimum Gasteiger partial charge on any atom is -0.396 e. The van der Waals surface area contributed by atoms with Gasteiger partial charge in [-0.15, -0.1) is 11.3 Å². The summed E-state index contributed by atoms with van der Waals surface area (Å²) in [6.45, 7) is 0.0278. The summed E-state index contributed by atoms with van der Waals surface area (Å²) in [6.07, 6.45) is 4.19. The van der Waals surface area contributed by atoms with Crippen LogP contribution in [0.3, 0.4) is 0 Å². The minimum atomic E-state index is -3.60. The van der Waals surface area contributed by atoms with Crippen molar-refractivity contribution in [3.63, 3.8) is 0 Å². The molecule has 2 N–H and O–H groups in total. The predicted molar refractivity (Wildman–Crippen MR) is 83.1 cm³/mol. The lowest BCUT2D eigenvalue weighted by molar-refractivity contribution is 0.248. The van der Waals surface area contributed by atoms with Gasteiger partial charge in [-0.2, -0.15) is 0 Å². The lowest BCUT2D eigenvalue weighted by Gasteiger charge is -2.11. The Bertz CT molecular complexity index is 801. The third kappa shape index (κ3) is 3.12. The molecular formula is C13H13ClN2O3S2. The lowest BCUT2D eigenvalue weighted by atomic mass is 10.1. The van der Waals surface area contributed by atoms with E-state index in [1.807, 2.05) is 6.08 Å². The van der Waals surface area contributed by atoms with E-state index in [-0.39, 0.29) is 22.8 Å². The summed E-state index contributed by atoms with van der Waals surface area (Å²) in [7, 11) is -3.60. The molecule has 2 aromatic rings. The van der Waals surface area contributed by atoms with E-state index < -0.39 is 10.0 Å². The number of hydrogen-bond donors (Lipinski definition) is 2. The molecule has 8 heteroatoms. The van der Waals surface area contributed by atoms with Crippen LogP contribution in [0.25, 0.3) is 10.2 Å². The summed E-state index contributed by atoms with van der Waals surface area (Å²) in [5.74, 6) is 0.0144. The topological polar surface area (TPSA) is 79.3 Å². The number of rotatable bonds is 4. The van der Waals surface area contributed by atoms with Gasteiger partial charge in [0.1, 0.15) is 9.36 Å². The maximum absolute atomic E-state index is 12.4. The number of sulfonamides is 1. The van der Waals surface area contributed by atoms with Gasteiger partial charge in [0.05, 0.1) is 10.2 Å². The molecule has 0 saturated heterocycles. The maximum atomic E-state index is 12.4. The average Bonchev–Trinajstić information content (AvgIpc) is 3.04. The molecule has 21 heavy (non-hydrogen) atoms. The Hall–Kier alpha value is -0.990.